The lowest BCUT2D eigenvalue weighted by Crippen LogP contribution is -2.44. The molecule has 0 saturated carbocycles. The zero-order valence-corrected chi connectivity index (χ0v) is 15.2. The number of nitrogens with one attached hydrogen (secondary N) is 1. The van der Waals surface area contributed by atoms with Crippen LogP contribution in [0.1, 0.15) is 32.6 Å². The van der Waals surface area contributed by atoms with Crippen LogP contribution < -0.4 is 5.32 Å². The Kier molecular flexibility index (Phi) is 11.2. The van der Waals surface area contributed by atoms with Crippen molar-refractivity contribution in [3.8, 4) is 0 Å². The molecule has 0 aliphatic carbocycles. The SMILES string of the molecule is C=CCCCCN(C)C(=O)CN(C)C(=O)CNC(=O)C(C)CC=C. The van der Waals surface area contributed by atoms with Crippen LogP contribution in [0.3, 0.4) is 0 Å². The molecule has 0 aliphatic heterocycles. The molecule has 0 bridgehead atoms. The normalized spacial score (nSPS) is 11.3. The Labute approximate surface area is 145 Å². The molecule has 6 nitrogen and oxygen atoms in total. The van der Waals surface area contributed by atoms with Crippen molar-refractivity contribution < 1.29 is 14.4 Å². The van der Waals surface area contributed by atoms with Gasteiger partial charge >= 0.3 is 0 Å². The minimum absolute atomic E-state index is 0.00880. The fourth-order valence-electron chi connectivity index (χ4n) is 2.00. The van der Waals surface area contributed by atoms with Crippen molar-refractivity contribution in [3.05, 3.63) is 25.3 Å². The molecule has 136 valence electrons. The van der Waals surface area contributed by atoms with E-state index in [4.69, 9.17) is 0 Å². The highest BCUT2D eigenvalue weighted by Gasteiger charge is 2.17. The van der Waals surface area contributed by atoms with Crippen LogP contribution in [-0.2, 0) is 14.4 Å². The summed E-state index contributed by atoms with van der Waals surface area (Å²) in [4.78, 5) is 38.8. The van der Waals surface area contributed by atoms with Crippen molar-refractivity contribution in [2.75, 3.05) is 33.7 Å². The van der Waals surface area contributed by atoms with E-state index in [-0.39, 0.29) is 36.7 Å². The van der Waals surface area contributed by atoms with E-state index in [1.54, 1.807) is 32.0 Å². The standard InChI is InChI=1S/C18H31N3O3/c1-6-8-9-10-12-20(4)17(23)14-21(5)16(22)13-19-18(24)15(3)11-7-2/h6-7,15H,1-2,8-14H2,3-5H3,(H,19,24). The topological polar surface area (TPSA) is 69.7 Å². The third-order valence-electron chi connectivity index (χ3n) is 3.76. The Morgan fingerprint density at radius 2 is 1.71 bits per heavy atom. The summed E-state index contributed by atoms with van der Waals surface area (Å²) in [7, 11) is 3.29. The summed E-state index contributed by atoms with van der Waals surface area (Å²) in [6.07, 6.45) is 6.92. The van der Waals surface area contributed by atoms with E-state index < -0.39 is 0 Å². The van der Waals surface area contributed by atoms with Crippen LogP contribution in [0.15, 0.2) is 25.3 Å². The predicted octanol–water partition coefficient (Wildman–Crippen LogP) is 1.59. The Balaban J connectivity index is 4.15. The molecule has 1 N–H and O–H groups in total. The smallest absolute Gasteiger partial charge is 0.242 e. The lowest BCUT2D eigenvalue weighted by Gasteiger charge is -2.22. The van der Waals surface area contributed by atoms with E-state index in [1.165, 1.54) is 4.90 Å². The third-order valence-corrected chi connectivity index (χ3v) is 3.76. The molecule has 0 spiro atoms. The molecule has 0 aliphatic rings. The summed E-state index contributed by atoms with van der Waals surface area (Å²) in [5.74, 6) is -0.815. The fraction of sp³-hybridized carbons (Fsp3) is 0.611. The first-order chi connectivity index (χ1) is 11.3. The number of unbranched alkanes of at least 4 members (excludes halogenated alkanes) is 2. The van der Waals surface area contributed by atoms with E-state index in [1.807, 2.05) is 6.08 Å². The van der Waals surface area contributed by atoms with Gasteiger partial charge in [-0.2, -0.15) is 0 Å². The van der Waals surface area contributed by atoms with Crippen LogP contribution in [0.4, 0.5) is 0 Å². The average molecular weight is 337 g/mol. The number of hydrogen-bond donors (Lipinski definition) is 1. The van der Waals surface area contributed by atoms with Crippen LogP contribution in [0.5, 0.6) is 0 Å². The Bertz CT molecular complexity index is 449. The van der Waals surface area contributed by atoms with Gasteiger partial charge in [-0.25, -0.2) is 0 Å². The number of carbonyl (C=O) groups is 3. The lowest BCUT2D eigenvalue weighted by molar-refractivity contribution is -0.139. The molecule has 3 amide bonds. The van der Waals surface area contributed by atoms with Gasteiger partial charge in [-0.3, -0.25) is 14.4 Å². The molecule has 0 aromatic carbocycles. The highest BCUT2D eigenvalue weighted by molar-refractivity contribution is 5.88. The van der Waals surface area contributed by atoms with Crippen molar-refractivity contribution in [3.63, 3.8) is 0 Å². The third kappa shape index (κ3) is 9.12. The Hall–Kier alpha value is -2.11. The van der Waals surface area contributed by atoms with E-state index in [2.05, 4.69) is 18.5 Å². The van der Waals surface area contributed by atoms with Gasteiger partial charge in [0, 0.05) is 26.6 Å². The largest absolute Gasteiger partial charge is 0.347 e. The average Bonchev–Trinajstić information content (AvgIpc) is 2.55. The molecule has 0 aromatic rings. The van der Waals surface area contributed by atoms with Gasteiger partial charge in [0.05, 0.1) is 13.1 Å². The summed E-state index contributed by atoms with van der Waals surface area (Å²) in [5, 5.41) is 2.59. The van der Waals surface area contributed by atoms with Gasteiger partial charge in [-0.05, 0) is 25.7 Å². The number of amides is 3. The molecular formula is C18H31N3O3. The molecule has 0 heterocycles. The summed E-state index contributed by atoms with van der Waals surface area (Å²) in [6, 6.07) is 0. The quantitative estimate of drug-likeness (QED) is 0.434. The van der Waals surface area contributed by atoms with Crippen molar-refractivity contribution in [2.45, 2.75) is 32.6 Å². The maximum atomic E-state index is 12.1. The van der Waals surface area contributed by atoms with Gasteiger partial charge in [-0.1, -0.05) is 19.1 Å². The lowest BCUT2D eigenvalue weighted by atomic mass is 10.1. The second-order valence-corrected chi connectivity index (χ2v) is 5.99. The molecule has 6 heteroatoms. The molecule has 0 rings (SSSR count). The minimum Gasteiger partial charge on any atom is -0.347 e. The zero-order valence-electron chi connectivity index (χ0n) is 15.2. The molecule has 0 saturated heterocycles. The predicted molar refractivity (Wildman–Crippen MR) is 96.3 cm³/mol. The van der Waals surface area contributed by atoms with E-state index in [0.717, 1.165) is 19.3 Å². The molecule has 0 fully saturated rings. The van der Waals surface area contributed by atoms with Gasteiger partial charge in [0.15, 0.2) is 0 Å². The van der Waals surface area contributed by atoms with Crippen LogP contribution in [0, 0.1) is 5.92 Å². The van der Waals surface area contributed by atoms with Crippen LogP contribution in [-0.4, -0.2) is 61.3 Å². The molecule has 24 heavy (non-hydrogen) atoms. The van der Waals surface area contributed by atoms with Gasteiger partial charge in [0.25, 0.3) is 0 Å². The van der Waals surface area contributed by atoms with Gasteiger partial charge < -0.3 is 15.1 Å². The number of carbonyl (C=O) groups excluding carboxylic acids is 3. The maximum absolute atomic E-state index is 12.1. The summed E-state index contributed by atoms with van der Waals surface area (Å²) in [6.45, 7) is 9.58. The van der Waals surface area contributed by atoms with Crippen molar-refractivity contribution in [2.24, 2.45) is 5.92 Å². The van der Waals surface area contributed by atoms with Gasteiger partial charge in [-0.15, -0.1) is 13.2 Å². The van der Waals surface area contributed by atoms with Crippen molar-refractivity contribution in [1.29, 1.82) is 0 Å². The van der Waals surface area contributed by atoms with Crippen LogP contribution >= 0.6 is 0 Å². The number of likely N-dealkylation sites (N-methyl/N-ethyl adjacent to an activating group) is 2. The Morgan fingerprint density at radius 1 is 1.04 bits per heavy atom. The molecule has 0 aromatic heterocycles. The molecule has 0 radical (unpaired) electrons. The highest BCUT2D eigenvalue weighted by atomic mass is 16.2. The second-order valence-electron chi connectivity index (χ2n) is 5.99. The van der Waals surface area contributed by atoms with Crippen molar-refractivity contribution in [1.82, 2.24) is 15.1 Å². The number of nitrogens with zero attached hydrogens (tertiary/aromatic N) is 2. The molecule has 1 atom stereocenters. The number of allylic oxidation sites excluding steroid dienone is 2. The van der Waals surface area contributed by atoms with E-state index >= 15 is 0 Å². The van der Waals surface area contributed by atoms with E-state index in [9.17, 15) is 14.4 Å². The first kappa shape index (κ1) is 21.9. The molecular weight excluding hydrogens is 306 g/mol. The number of rotatable bonds is 12. The maximum Gasteiger partial charge on any atom is 0.242 e. The van der Waals surface area contributed by atoms with Gasteiger partial charge in [0.1, 0.15) is 0 Å². The van der Waals surface area contributed by atoms with E-state index in [0.29, 0.717) is 13.0 Å². The number of hydrogen-bond acceptors (Lipinski definition) is 3. The highest BCUT2D eigenvalue weighted by Crippen LogP contribution is 2.02. The summed E-state index contributed by atoms with van der Waals surface area (Å²) >= 11 is 0. The minimum atomic E-state index is -0.289. The van der Waals surface area contributed by atoms with Gasteiger partial charge in [0.2, 0.25) is 17.7 Å². The zero-order chi connectivity index (χ0) is 18.5. The van der Waals surface area contributed by atoms with Crippen LogP contribution in [0.2, 0.25) is 0 Å². The monoisotopic (exact) mass is 337 g/mol. The van der Waals surface area contributed by atoms with Crippen molar-refractivity contribution >= 4 is 17.7 Å². The fourth-order valence-corrected chi connectivity index (χ4v) is 2.00. The summed E-state index contributed by atoms with van der Waals surface area (Å²) in [5.41, 5.74) is 0. The second kappa shape index (κ2) is 12.3. The summed E-state index contributed by atoms with van der Waals surface area (Å²) < 4.78 is 0. The Morgan fingerprint density at radius 3 is 2.29 bits per heavy atom. The first-order valence-electron chi connectivity index (χ1n) is 8.30. The first-order valence-corrected chi connectivity index (χ1v) is 8.30. The molecule has 1 unspecified atom stereocenters. The van der Waals surface area contributed by atoms with Crippen LogP contribution in [0.25, 0.3) is 0 Å².